The molecule has 12 atom stereocenters. The predicted molar refractivity (Wildman–Crippen MR) is 171 cm³/mol. The Labute approximate surface area is 292 Å². The summed E-state index contributed by atoms with van der Waals surface area (Å²) in [7, 11) is 0. The summed E-state index contributed by atoms with van der Waals surface area (Å²) in [6.45, 7) is 6.62. The Morgan fingerprint density at radius 2 is 1.63 bits per heavy atom. The van der Waals surface area contributed by atoms with Crippen molar-refractivity contribution < 1.29 is 67.7 Å². The van der Waals surface area contributed by atoms with E-state index in [1.807, 2.05) is 0 Å². The molecule has 5 fully saturated rings. The average Bonchev–Trinajstić information content (AvgIpc) is 3.05. The largest absolute Gasteiger partial charge is 0.507 e. The number of rotatable bonds is 3. The van der Waals surface area contributed by atoms with Crippen LogP contribution in [0, 0.1) is 0 Å². The number of ketones is 5. The summed E-state index contributed by atoms with van der Waals surface area (Å²) in [5.41, 5.74) is -7.70. The Morgan fingerprint density at radius 1 is 0.882 bits per heavy atom. The van der Waals surface area contributed by atoms with Crippen molar-refractivity contribution >= 4 is 28.9 Å². The molecule has 8 rings (SSSR count). The fourth-order valence-electron chi connectivity index (χ4n) is 8.87. The van der Waals surface area contributed by atoms with Gasteiger partial charge in [-0.3, -0.25) is 24.0 Å². The molecule has 4 saturated heterocycles. The normalized spacial score (nSPS) is 43.6. The Morgan fingerprint density at radius 3 is 2.37 bits per heavy atom. The van der Waals surface area contributed by atoms with Gasteiger partial charge >= 0.3 is 0 Å². The first-order valence-electron chi connectivity index (χ1n) is 17.4. The van der Waals surface area contributed by atoms with E-state index in [1.165, 1.54) is 18.2 Å². The number of aromatic hydroxyl groups is 1. The van der Waals surface area contributed by atoms with Crippen LogP contribution in [0.1, 0.15) is 98.6 Å². The number of hydrogen-bond donors (Lipinski definition) is 3. The lowest BCUT2D eigenvalue weighted by molar-refractivity contribution is -0.347. The van der Waals surface area contributed by atoms with E-state index in [-0.39, 0.29) is 65.9 Å². The van der Waals surface area contributed by atoms with Gasteiger partial charge in [0.05, 0.1) is 35.0 Å². The molecule has 0 amide bonds. The molecular formula is C37H40O14. The summed E-state index contributed by atoms with van der Waals surface area (Å²) in [5, 5.41) is 35.6. The maximum atomic E-state index is 14.2. The van der Waals surface area contributed by atoms with Crippen LogP contribution in [0.5, 0.6) is 5.75 Å². The first kappa shape index (κ1) is 34.6. The molecule has 1 aromatic carbocycles. The molecule has 0 bridgehead atoms. The number of phenolic OH excluding ortho intramolecular Hbond substituents is 1. The number of allylic oxidation sites excluding steroid dienone is 2. The molecule has 7 aliphatic rings. The first-order valence-corrected chi connectivity index (χ1v) is 17.4. The van der Waals surface area contributed by atoms with Crippen LogP contribution >= 0.6 is 0 Å². The Kier molecular flexibility index (Phi) is 7.99. The highest BCUT2D eigenvalue weighted by atomic mass is 16.7. The Hall–Kier alpha value is -3.47. The zero-order chi connectivity index (χ0) is 36.4. The van der Waals surface area contributed by atoms with E-state index in [0.29, 0.717) is 0 Å². The molecule has 4 aliphatic heterocycles. The van der Waals surface area contributed by atoms with Gasteiger partial charge in [-0.15, -0.1) is 0 Å². The highest BCUT2D eigenvalue weighted by Gasteiger charge is 2.67. The van der Waals surface area contributed by atoms with Crippen LogP contribution in [0.25, 0.3) is 0 Å². The van der Waals surface area contributed by atoms with Gasteiger partial charge in [0.15, 0.2) is 47.1 Å². The van der Waals surface area contributed by atoms with Crippen LogP contribution in [-0.2, 0) is 42.8 Å². The number of benzene rings is 1. The summed E-state index contributed by atoms with van der Waals surface area (Å²) >= 11 is 0. The fraction of sp³-hybridized carbons (Fsp3) is 0.595. The lowest BCUT2D eigenvalue weighted by Gasteiger charge is -2.53. The molecule has 0 aromatic heterocycles. The summed E-state index contributed by atoms with van der Waals surface area (Å²) in [6, 6.07) is 2.78. The number of ether oxygens (including phenoxy) is 6. The van der Waals surface area contributed by atoms with Crippen molar-refractivity contribution in [2.24, 2.45) is 0 Å². The molecule has 4 heterocycles. The molecule has 51 heavy (non-hydrogen) atoms. The molecule has 1 aromatic rings. The molecule has 14 heteroatoms. The maximum absolute atomic E-state index is 14.2. The van der Waals surface area contributed by atoms with Gasteiger partial charge in [-0.25, -0.2) is 0 Å². The third kappa shape index (κ3) is 5.17. The molecule has 1 unspecified atom stereocenters. The number of aliphatic hydroxyl groups is 2. The summed E-state index contributed by atoms with van der Waals surface area (Å²) in [5.74, 6) is -3.31. The van der Waals surface area contributed by atoms with Gasteiger partial charge in [-0.05, 0) is 39.8 Å². The summed E-state index contributed by atoms with van der Waals surface area (Å²) in [6.07, 6.45) is -3.48. The van der Waals surface area contributed by atoms with Gasteiger partial charge in [0, 0.05) is 55.2 Å². The van der Waals surface area contributed by atoms with Crippen molar-refractivity contribution in [3.63, 3.8) is 0 Å². The number of carbonyl (C=O) groups is 5. The second kappa shape index (κ2) is 11.8. The van der Waals surface area contributed by atoms with E-state index in [2.05, 4.69) is 0 Å². The molecule has 0 spiro atoms. The standard InChI is InChI=1S/C37H40O14/c1-15-21(38)7-8-27(47-15)51-35(4)13-26(40)37(45)29-20(9-10-36(37,44)14-35)31(42)28-19(32(29)43)6-5-18(30(28)41)23-12-24-33(17(3)46-23)50-34-25(49-24)11-22(39)16(2)48-34/h5-6,9-10,15-17,23-25,27,33-34,41,44-45H,7-8,11-14H2,1-4H3/t15-,16-,17+,23+,24+,25?,27-,33+,34-,35-,36-,37-/m0/s1. The second-order valence-corrected chi connectivity index (χ2v) is 15.1. The van der Waals surface area contributed by atoms with Crippen molar-refractivity contribution in [1.29, 1.82) is 0 Å². The van der Waals surface area contributed by atoms with E-state index in [4.69, 9.17) is 28.4 Å². The van der Waals surface area contributed by atoms with E-state index in [0.717, 1.165) is 6.08 Å². The van der Waals surface area contributed by atoms with E-state index in [9.17, 15) is 39.3 Å². The predicted octanol–water partition coefficient (Wildman–Crippen LogP) is 2.04. The molecule has 3 N–H and O–H groups in total. The fourth-order valence-corrected chi connectivity index (χ4v) is 8.87. The Balaban J connectivity index is 1.06. The van der Waals surface area contributed by atoms with Crippen LogP contribution < -0.4 is 0 Å². The molecular weight excluding hydrogens is 668 g/mol. The van der Waals surface area contributed by atoms with Crippen LogP contribution in [0.15, 0.2) is 35.4 Å². The third-order valence-electron chi connectivity index (χ3n) is 11.5. The lowest BCUT2D eigenvalue weighted by Crippen LogP contribution is -2.69. The van der Waals surface area contributed by atoms with E-state index in [1.54, 1.807) is 27.7 Å². The molecule has 1 saturated carbocycles. The first-order chi connectivity index (χ1) is 24.0. The molecule has 14 nitrogen and oxygen atoms in total. The molecule has 272 valence electrons. The topological polar surface area (TPSA) is 201 Å². The van der Waals surface area contributed by atoms with Crippen molar-refractivity contribution in [3.8, 4) is 5.75 Å². The van der Waals surface area contributed by atoms with Crippen molar-refractivity contribution in [1.82, 2.24) is 0 Å². The van der Waals surface area contributed by atoms with Gasteiger partial charge in [0.25, 0.3) is 0 Å². The van der Waals surface area contributed by atoms with Gasteiger partial charge in [-0.1, -0.05) is 12.1 Å². The van der Waals surface area contributed by atoms with E-state index >= 15 is 0 Å². The van der Waals surface area contributed by atoms with Crippen molar-refractivity contribution in [3.05, 3.63) is 52.1 Å². The smallest absolute Gasteiger partial charge is 0.198 e. The zero-order valence-corrected chi connectivity index (χ0v) is 28.6. The quantitative estimate of drug-likeness (QED) is 0.412. The van der Waals surface area contributed by atoms with Gasteiger partial charge < -0.3 is 43.7 Å². The number of phenols is 1. The van der Waals surface area contributed by atoms with Gasteiger partial charge in [0.1, 0.15) is 35.8 Å². The number of Topliss-reactive ketones (excluding diaryl/α,β-unsaturated/α-hetero) is 5. The van der Waals surface area contributed by atoms with Crippen LogP contribution in [0.2, 0.25) is 0 Å². The molecule has 3 aliphatic carbocycles. The lowest BCUT2D eigenvalue weighted by atomic mass is 9.57. The summed E-state index contributed by atoms with van der Waals surface area (Å²) in [4.78, 5) is 66.4. The monoisotopic (exact) mass is 708 g/mol. The highest BCUT2D eigenvalue weighted by Crippen LogP contribution is 2.53. The number of fused-ring (bicyclic) bond motifs is 5. The SMILES string of the molecule is C[C@@H]1O[C@@H](O[C@@]2(C)CC(=O)[C@]3(O)C4=C(C=C[C@]3(O)C2)C(=O)c2c(ccc([C@H]3C[C@H]5OC6CC(=O)[C@H](C)O[C@H]6O[C@@H]5[C@@H](C)O3)c2O)C4=O)CCC1=O. The molecule has 0 radical (unpaired) electrons. The van der Waals surface area contributed by atoms with Gasteiger partial charge in [0.2, 0.25) is 0 Å². The minimum Gasteiger partial charge on any atom is -0.507 e. The number of carbonyl (C=O) groups excluding carboxylic acids is 5. The highest BCUT2D eigenvalue weighted by molar-refractivity contribution is 6.32. The maximum Gasteiger partial charge on any atom is 0.198 e. The zero-order valence-electron chi connectivity index (χ0n) is 28.6. The second-order valence-electron chi connectivity index (χ2n) is 15.1. The van der Waals surface area contributed by atoms with Gasteiger partial charge in [-0.2, -0.15) is 0 Å². The van der Waals surface area contributed by atoms with Crippen LogP contribution in [0.3, 0.4) is 0 Å². The van der Waals surface area contributed by atoms with Crippen LogP contribution in [-0.4, -0.2) is 110 Å². The number of hydrogen-bond acceptors (Lipinski definition) is 14. The third-order valence-corrected chi connectivity index (χ3v) is 11.5. The minimum atomic E-state index is -2.79. The summed E-state index contributed by atoms with van der Waals surface area (Å²) < 4.78 is 36.1. The average molecular weight is 709 g/mol. The minimum absolute atomic E-state index is 0.0787. The van der Waals surface area contributed by atoms with Crippen LogP contribution in [0.4, 0.5) is 0 Å². The Bertz CT molecular complexity index is 1830. The van der Waals surface area contributed by atoms with Crippen molar-refractivity contribution in [2.45, 2.75) is 138 Å². The van der Waals surface area contributed by atoms with E-state index < -0.39 is 107 Å². The van der Waals surface area contributed by atoms with Crippen molar-refractivity contribution in [2.75, 3.05) is 0 Å².